The van der Waals surface area contributed by atoms with Crippen molar-refractivity contribution in [3.8, 4) is 0 Å². The number of fused-ring (bicyclic) bond motifs is 2. The molecule has 5 nitrogen and oxygen atoms in total. The van der Waals surface area contributed by atoms with Gasteiger partial charge in [-0.15, -0.1) is 11.3 Å². The Morgan fingerprint density at radius 2 is 2.20 bits per heavy atom. The van der Waals surface area contributed by atoms with E-state index in [-0.39, 0.29) is 10.3 Å². The van der Waals surface area contributed by atoms with Crippen LogP contribution in [0.3, 0.4) is 0 Å². The molecule has 0 aromatic carbocycles. The summed E-state index contributed by atoms with van der Waals surface area (Å²) in [5.41, 5.74) is 0.733. The fraction of sp³-hybridized carbons (Fsp3) is 0.583. The fourth-order valence-corrected chi connectivity index (χ4v) is 6.97. The van der Waals surface area contributed by atoms with E-state index in [0.29, 0.717) is 17.2 Å². The molecule has 0 amide bonds. The van der Waals surface area contributed by atoms with Crippen LogP contribution in [0.4, 0.5) is 0 Å². The lowest BCUT2D eigenvalue weighted by molar-refractivity contribution is -0.142. The van der Waals surface area contributed by atoms with Gasteiger partial charge >= 0.3 is 5.97 Å². The zero-order valence-electron chi connectivity index (χ0n) is 10.7. The van der Waals surface area contributed by atoms with Crippen LogP contribution >= 0.6 is 22.9 Å². The second kappa shape index (κ2) is 4.69. The summed E-state index contributed by atoms with van der Waals surface area (Å²) in [5, 5.41) is 9.20. The average molecular weight is 336 g/mol. The van der Waals surface area contributed by atoms with Gasteiger partial charge < -0.3 is 5.11 Å². The first-order valence-corrected chi connectivity index (χ1v) is 8.98. The second-order valence-electron chi connectivity index (χ2n) is 5.34. The number of aliphatic carboxylic acids is 1. The number of rotatable bonds is 3. The standard InChI is InChI=1S/C12H14ClNO4S2/c1-6-4-10(19-11(6)13)20(17,18)14-7-2-3-9(14)8(5-7)12(15)16/h4,7-9H,2-3,5H2,1H3,(H,15,16)/t7-,8+,9-/m0/s1. The summed E-state index contributed by atoms with van der Waals surface area (Å²) in [6.45, 7) is 1.76. The lowest BCUT2D eigenvalue weighted by atomic mass is 9.89. The van der Waals surface area contributed by atoms with E-state index in [1.54, 1.807) is 13.0 Å². The maximum absolute atomic E-state index is 12.7. The third-order valence-corrected chi connectivity index (χ3v) is 8.14. The molecule has 2 saturated heterocycles. The summed E-state index contributed by atoms with van der Waals surface area (Å²) in [6.07, 6.45) is 1.78. The largest absolute Gasteiger partial charge is 0.481 e. The van der Waals surface area contributed by atoms with E-state index in [1.807, 2.05) is 0 Å². The van der Waals surface area contributed by atoms with Crippen LogP contribution in [0.1, 0.15) is 24.8 Å². The third-order valence-electron chi connectivity index (χ3n) is 4.16. The molecule has 3 heterocycles. The summed E-state index contributed by atoms with van der Waals surface area (Å²) in [7, 11) is -3.64. The van der Waals surface area contributed by atoms with Gasteiger partial charge in [-0.1, -0.05) is 11.6 Å². The molecule has 1 aromatic heterocycles. The molecule has 0 radical (unpaired) electrons. The number of sulfonamides is 1. The van der Waals surface area contributed by atoms with Gasteiger partial charge in [0, 0.05) is 12.1 Å². The van der Waals surface area contributed by atoms with Crippen LogP contribution in [0.2, 0.25) is 4.34 Å². The van der Waals surface area contributed by atoms with Gasteiger partial charge in [-0.25, -0.2) is 8.42 Å². The van der Waals surface area contributed by atoms with Crippen molar-refractivity contribution in [3.63, 3.8) is 0 Å². The summed E-state index contributed by atoms with van der Waals surface area (Å²) in [5.74, 6) is -1.49. The smallest absolute Gasteiger partial charge is 0.308 e. The Kier molecular flexibility index (Phi) is 3.36. The molecule has 3 atom stereocenters. The molecule has 1 N–H and O–H groups in total. The highest BCUT2D eigenvalue weighted by molar-refractivity contribution is 7.91. The van der Waals surface area contributed by atoms with Crippen LogP contribution in [-0.2, 0) is 14.8 Å². The Labute approximate surface area is 126 Å². The molecular formula is C12H14ClNO4S2. The number of aryl methyl sites for hydroxylation is 1. The first-order chi connectivity index (χ1) is 9.32. The van der Waals surface area contributed by atoms with E-state index in [9.17, 15) is 18.3 Å². The number of carboxylic acid groups (broad SMARTS) is 1. The fourth-order valence-electron chi connectivity index (χ4n) is 3.24. The van der Waals surface area contributed by atoms with E-state index in [4.69, 9.17) is 11.6 Å². The second-order valence-corrected chi connectivity index (χ2v) is 9.06. The molecule has 2 fully saturated rings. The van der Waals surface area contributed by atoms with Crippen LogP contribution in [0.15, 0.2) is 10.3 Å². The summed E-state index contributed by atoms with van der Waals surface area (Å²) >= 11 is 6.99. The highest BCUT2D eigenvalue weighted by Gasteiger charge is 2.54. The first kappa shape index (κ1) is 14.3. The average Bonchev–Trinajstić information content (AvgIpc) is 3.03. The van der Waals surface area contributed by atoms with E-state index < -0.39 is 28.0 Å². The highest BCUT2D eigenvalue weighted by Crippen LogP contribution is 2.46. The minimum absolute atomic E-state index is 0.188. The van der Waals surface area contributed by atoms with E-state index >= 15 is 0 Å². The molecule has 2 bridgehead atoms. The maximum atomic E-state index is 12.7. The van der Waals surface area contributed by atoms with E-state index in [1.165, 1.54) is 4.31 Å². The first-order valence-electron chi connectivity index (χ1n) is 6.34. The SMILES string of the molecule is Cc1cc(S(=O)(=O)N2[C@H]3CC[C@H]2[C@H](C(=O)O)C3)sc1Cl. The molecule has 0 saturated carbocycles. The Morgan fingerprint density at radius 3 is 2.70 bits per heavy atom. The minimum Gasteiger partial charge on any atom is -0.481 e. The van der Waals surface area contributed by atoms with Gasteiger partial charge in [0.15, 0.2) is 0 Å². The van der Waals surface area contributed by atoms with Crippen molar-refractivity contribution in [2.75, 3.05) is 0 Å². The number of hydrogen-bond acceptors (Lipinski definition) is 4. The summed E-state index contributed by atoms with van der Waals surface area (Å²) in [4.78, 5) is 11.2. The van der Waals surface area contributed by atoms with Crippen LogP contribution in [0.5, 0.6) is 0 Å². The van der Waals surface area contributed by atoms with E-state index in [0.717, 1.165) is 23.3 Å². The quantitative estimate of drug-likeness (QED) is 0.920. The molecule has 0 aliphatic carbocycles. The molecule has 110 valence electrons. The Hall–Kier alpha value is -0.630. The van der Waals surface area contributed by atoms with Crippen molar-refractivity contribution in [1.82, 2.24) is 4.31 Å². The Bertz CT molecular complexity index is 649. The van der Waals surface area contributed by atoms with Gasteiger partial charge in [-0.05, 0) is 37.8 Å². The van der Waals surface area contributed by atoms with Gasteiger partial charge in [-0.2, -0.15) is 4.31 Å². The van der Waals surface area contributed by atoms with Gasteiger partial charge in [-0.3, -0.25) is 4.79 Å². The molecule has 1 aromatic rings. The number of carbonyl (C=O) groups is 1. The van der Waals surface area contributed by atoms with Crippen molar-refractivity contribution < 1.29 is 18.3 Å². The van der Waals surface area contributed by atoms with Crippen LogP contribution in [0, 0.1) is 12.8 Å². The molecule has 20 heavy (non-hydrogen) atoms. The molecule has 2 aliphatic rings. The predicted octanol–water partition coefficient (Wildman–Crippen LogP) is 2.34. The topological polar surface area (TPSA) is 74.7 Å². The van der Waals surface area contributed by atoms with Crippen molar-refractivity contribution in [2.45, 2.75) is 42.5 Å². The van der Waals surface area contributed by atoms with E-state index in [2.05, 4.69) is 0 Å². The number of hydrogen-bond donors (Lipinski definition) is 1. The molecule has 3 rings (SSSR count). The molecule has 0 spiro atoms. The zero-order valence-corrected chi connectivity index (χ0v) is 13.1. The maximum Gasteiger partial charge on any atom is 0.308 e. The van der Waals surface area contributed by atoms with Crippen LogP contribution < -0.4 is 0 Å². The summed E-state index contributed by atoms with van der Waals surface area (Å²) < 4.78 is 27.5. The lowest BCUT2D eigenvalue weighted by Gasteiger charge is -2.21. The monoisotopic (exact) mass is 335 g/mol. The van der Waals surface area contributed by atoms with Gasteiger partial charge in [0.2, 0.25) is 0 Å². The van der Waals surface area contributed by atoms with Crippen molar-refractivity contribution in [3.05, 3.63) is 16.0 Å². The molecular weight excluding hydrogens is 322 g/mol. The Balaban J connectivity index is 1.99. The number of thiophene rings is 1. The molecule has 2 aliphatic heterocycles. The molecule has 8 heteroatoms. The normalized spacial score (nSPS) is 30.0. The van der Waals surface area contributed by atoms with Gasteiger partial charge in [0.25, 0.3) is 10.0 Å². The van der Waals surface area contributed by atoms with Gasteiger partial charge in [0.1, 0.15) is 4.21 Å². The van der Waals surface area contributed by atoms with Crippen molar-refractivity contribution in [1.29, 1.82) is 0 Å². The third kappa shape index (κ3) is 1.99. The number of halogens is 1. The van der Waals surface area contributed by atoms with Gasteiger partial charge in [0.05, 0.1) is 10.3 Å². The minimum atomic E-state index is -3.64. The number of nitrogens with zero attached hydrogens (tertiary/aromatic N) is 1. The predicted molar refractivity (Wildman–Crippen MR) is 75.6 cm³/mol. The zero-order chi connectivity index (χ0) is 14.7. The summed E-state index contributed by atoms with van der Waals surface area (Å²) in [6, 6.07) is 0.964. The van der Waals surface area contributed by atoms with Crippen LogP contribution in [0.25, 0.3) is 0 Å². The molecule has 0 unspecified atom stereocenters. The number of carboxylic acids is 1. The van der Waals surface area contributed by atoms with Crippen molar-refractivity contribution in [2.24, 2.45) is 5.92 Å². The lowest BCUT2D eigenvalue weighted by Crippen LogP contribution is -2.37. The highest BCUT2D eigenvalue weighted by atomic mass is 35.5. The Morgan fingerprint density at radius 1 is 1.50 bits per heavy atom. The van der Waals surface area contributed by atoms with Crippen molar-refractivity contribution >= 4 is 38.9 Å². The van der Waals surface area contributed by atoms with Crippen LogP contribution in [-0.4, -0.2) is 35.9 Å².